The summed E-state index contributed by atoms with van der Waals surface area (Å²) in [5, 5.41) is 10.9. The van der Waals surface area contributed by atoms with Gasteiger partial charge in [-0.15, -0.1) is 0 Å². The van der Waals surface area contributed by atoms with Crippen molar-refractivity contribution >= 4 is 10.9 Å². The average Bonchev–Trinajstić information content (AvgIpc) is 2.66. The van der Waals surface area contributed by atoms with Crippen molar-refractivity contribution in [2.24, 2.45) is 0 Å². The number of rotatable bonds is 1. The molecule has 3 heteroatoms. The van der Waals surface area contributed by atoms with Crippen LogP contribution in [0.4, 0.5) is 0 Å². The summed E-state index contributed by atoms with van der Waals surface area (Å²) in [6.07, 6.45) is 1.71. The van der Waals surface area contributed by atoms with Gasteiger partial charge in [-0.1, -0.05) is 24.3 Å². The zero-order chi connectivity index (χ0) is 11.0. The molecule has 0 aliphatic rings. The van der Waals surface area contributed by atoms with Gasteiger partial charge in [-0.3, -0.25) is 4.57 Å². The molecular weight excluding hydrogens is 200 g/mol. The first-order chi connectivity index (χ1) is 7.86. The Labute approximate surface area is 92.6 Å². The summed E-state index contributed by atoms with van der Waals surface area (Å²) in [6, 6.07) is 15.2. The van der Waals surface area contributed by atoms with E-state index in [1.54, 1.807) is 16.8 Å². The lowest BCUT2D eigenvalue weighted by atomic mass is 10.2. The van der Waals surface area contributed by atoms with E-state index < -0.39 is 0 Å². The second-order valence-electron chi connectivity index (χ2n) is 3.58. The number of hydrogen-bond donors (Lipinski definition) is 1. The number of para-hydroxylation sites is 1. The molecular formula is C13H10N2O. The van der Waals surface area contributed by atoms with Gasteiger partial charge in [0.05, 0.1) is 5.52 Å². The van der Waals surface area contributed by atoms with Crippen LogP contribution in [0.5, 0.6) is 5.88 Å². The molecule has 3 rings (SSSR count). The molecule has 0 saturated heterocycles. The van der Waals surface area contributed by atoms with Gasteiger partial charge in [-0.05, 0) is 18.2 Å². The zero-order valence-corrected chi connectivity index (χ0v) is 8.54. The molecule has 0 saturated carbocycles. The molecule has 0 aliphatic heterocycles. The van der Waals surface area contributed by atoms with Crippen LogP contribution in [-0.4, -0.2) is 14.7 Å². The highest BCUT2D eigenvalue weighted by Gasteiger charge is 2.08. The van der Waals surface area contributed by atoms with Crippen molar-refractivity contribution in [3.05, 3.63) is 54.7 Å². The summed E-state index contributed by atoms with van der Waals surface area (Å²) in [4.78, 5) is 4.24. The second-order valence-corrected chi connectivity index (χ2v) is 3.58. The number of hydrogen-bond acceptors (Lipinski definition) is 2. The van der Waals surface area contributed by atoms with Gasteiger partial charge < -0.3 is 5.11 Å². The Morgan fingerprint density at radius 3 is 2.62 bits per heavy atom. The molecule has 0 radical (unpaired) electrons. The molecule has 3 nitrogen and oxygen atoms in total. The highest BCUT2D eigenvalue weighted by atomic mass is 16.3. The predicted molar refractivity (Wildman–Crippen MR) is 62.7 cm³/mol. The summed E-state index contributed by atoms with van der Waals surface area (Å²) >= 11 is 0. The third-order valence-corrected chi connectivity index (χ3v) is 2.57. The van der Waals surface area contributed by atoms with Crippen molar-refractivity contribution in [2.75, 3.05) is 0 Å². The van der Waals surface area contributed by atoms with Gasteiger partial charge in [0.1, 0.15) is 5.82 Å². The maximum Gasteiger partial charge on any atom is 0.197 e. The third-order valence-electron chi connectivity index (χ3n) is 2.57. The molecule has 16 heavy (non-hydrogen) atoms. The second kappa shape index (κ2) is 3.38. The van der Waals surface area contributed by atoms with E-state index >= 15 is 0 Å². The van der Waals surface area contributed by atoms with Gasteiger partial charge in [0.25, 0.3) is 0 Å². The van der Waals surface area contributed by atoms with E-state index in [2.05, 4.69) is 4.98 Å². The van der Waals surface area contributed by atoms with Crippen LogP contribution in [0.15, 0.2) is 54.7 Å². The first kappa shape index (κ1) is 8.97. The predicted octanol–water partition coefficient (Wildman–Crippen LogP) is 2.73. The van der Waals surface area contributed by atoms with Gasteiger partial charge in [0, 0.05) is 17.6 Å². The summed E-state index contributed by atoms with van der Waals surface area (Å²) in [5.74, 6) is 0.932. The molecule has 2 heterocycles. The van der Waals surface area contributed by atoms with Crippen LogP contribution in [0.25, 0.3) is 16.7 Å². The van der Waals surface area contributed by atoms with Gasteiger partial charge in [0.2, 0.25) is 0 Å². The topological polar surface area (TPSA) is 38.0 Å². The van der Waals surface area contributed by atoms with Gasteiger partial charge >= 0.3 is 0 Å². The van der Waals surface area contributed by atoms with Gasteiger partial charge in [-0.25, -0.2) is 4.98 Å². The molecule has 1 N–H and O–H groups in total. The molecule has 0 fully saturated rings. The quantitative estimate of drug-likeness (QED) is 0.670. The number of pyridine rings is 1. The molecule has 3 aromatic rings. The lowest BCUT2D eigenvalue weighted by Crippen LogP contribution is -1.95. The molecule has 2 aromatic heterocycles. The molecule has 78 valence electrons. The molecule has 0 unspecified atom stereocenters. The van der Waals surface area contributed by atoms with Crippen LogP contribution in [0.1, 0.15) is 0 Å². The van der Waals surface area contributed by atoms with E-state index in [1.165, 1.54) is 0 Å². The van der Waals surface area contributed by atoms with E-state index in [-0.39, 0.29) is 5.88 Å². The van der Waals surface area contributed by atoms with E-state index in [0.29, 0.717) is 0 Å². The lowest BCUT2D eigenvalue weighted by Gasteiger charge is -2.04. The Morgan fingerprint density at radius 1 is 1.00 bits per heavy atom. The summed E-state index contributed by atoms with van der Waals surface area (Å²) < 4.78 is 1.73. The number of benzene rings is 1. The fraction of sp³-hybridized carbons (Fsp3) is 0. The molecule has 0 aliphatic carbocycles. The summed E-state index contributed by atoms with van der Waals surface area (Å²) in [6.45, 7) is 0. The minimum Gasteiger partial charge on any atom is -0.494 e. The number of aromatic hydroxyl groups is 1. The average molecular weight is 210 g/mol. The Kier molecular flexibility index (Phi) is 1.90. The number of fused-ring (bicyclic) bond motifs is 1. The van der Waals surface area contributed by atoms with Crippen molar-refractivity contribution in [3.8, 4) is 11.7 Å². The normalized spacial score (nSPS) is 10.8. The first-order valence-corrected chi connectivity index (χ1v) is 5.07. The molecule has 0 bridgehead atoms. The first-order valence-electron chi connectivity index (χ1n) is 5.07. The van der Waals surface area contributed by atoms with Crippen molar-refractivity contribution in [2.45, 2.75) is 0 Å². The summed E-state index contributed by atoms with van der Waals surface area (Å²) in [7, 11) is 0. The van der Waals surface area contributed by atoms with Crippen LogP contribution < -0.4 is 0 Å². The van der Waals surface area contributed by atoms with Crippen molar-refractivity contribution in [1.29, 1.82) is 0 Å². The largest absolute Gasteiger partial charge is 0.494 e. The van der Waals surface area contributed by atoms with Crippen LogP contribution in [0, 0.1) is 0 Å². The number of nitrogens with zero attached hydrogens (tertiary/aromatic N) is 2. The fourth-order valence-electron chi connectivity index (χ4n) is 1.87. The van der Waals surface area contributed by atoms with Crippen LogP contribution in [0.3, 0.4) is 0 Å². The van der Waals surface area contributed by atoms with E-state index in [9.17, 15) is 5.11 Å². The summed E-state index contributed by atoms with van der Waals surface area (Å²) in [5.41, 5.74) is 0.957. The van der Waals surface area contributed by atoms with Crippen molar-refractivity contribution in [1.82, 2.24) is 9.55 Å². The zero-order valence-electron chi connectivity index (χ0n) is 8.54. The fourth-order valence-corrected chi connectivity index (χ4v) is 1.87. The molecule has 1 aromatic carbocycles. The van der Waals surface area contributed by atoms with E-state index in [4.69, 9.17) is 0 Å². The van der Waals surface area contributed by atoms with Crippen LogP contribution >= 0.6 is 0 Å². The maximum atomic E-state index is 9.91. The van der Waals surface area contributed by atoms with Crippen molar-refractivity contribution in [3.63, 3.8) is 0 Å². The lowest BCUT2D eigenvalue weighted by molar-refractivity contribution is 0.444. The minimum atomic E-state index is 0.208. The number of aromatic nitrogens is 2. The van der Waals surface area contributed by atoms with Crippen LogP contribution in [-0.2, 0) is 0 Å². The Bertz CT molecular complexity index is 629. The third kappa shape index (κ3) is 1.26. The highest BCUT2D eigenvalue weighted by Crippen LogP contribution is 2.27. The van der Waals surface area contributed by atoms with Crippen LogP contribution in [0.2, 0.25) is 0 Å². The molecule has 0 spiro atoms. The Hall–Kier alpha value is -2.29. The minimum absolute atomic E-state index is 0.208. The van der Waals surface area contributed by atoms with Crippen molar-refractivity contribution < 1.29 is 5.11 Å². The molecule has 0 atom stereocenters. The van der Waals surface area contributed by atoms with E-state index in [1.807, 2.05) is 42.5 Å². The standard InChI is InChI=1S/C13H10N2O/c16-13-9-10-5-1-2-6-11(10)15(13)12-7-3-4-8-14-12/h1-9,16H. The monoisotopic (exact) mass is 210 g/mol. The van der Waals surface area contributed by atoms with Gasteiger partial charge in [-0.2, -0.15) is 0 Å². The smallest absolute Gasteiger partial charge is 0.197 e. The highest BCUT2D eigenvalue weighted by molar-refractivity contribution is 5.83. The van der Waals surface area contributed by atoms with Gasteiger partial charge in [0.15, 0.2) is 5.88 Å². The Balaban J connectivity index is 2.35. The SMILES string of the molecule is Oc1cc2ccccc2n1-c1ccccn1. The molecule has 0 amide bonds. The van der Waals surface area contributed by atoms with E-state index in [0.717, 1.165) is 16.7 Å². The maximum absolute atomic E-state index is 9.91. The Morgan fingerprint density at radius 2 is 1.81 bits per heavy atom.